The van der Waals surface area contributed by atoms with Crippen LogP contribution >= 0.6 is 0 Å². The fourth-order valence-corrected chi connectivity index (χ4v) is 1.95. The van der Waals surface area contributed by atoms with Crippen LogP contribution < -0.4 is 4.90 Å². The molecule has 3 nitrogen and oxygen atoms in total. The zero-order valence-electron chi connectivity index (χ0n) is 11.0. The number of benzene rings is 1. The summed E-state index contributed by atoms with van der Waals surface area (Å²) >= 11 is 0. The van der Waals surface area contributed by atoms with E-state index in [1.54, 1.807) is 13.0 Å². The monoisotopic (exact) mass is 250 g/mol. The van der Waals surface area contributed by atoms with Crippen molar-refractivity contribution < 1.29 is 9.50 Å². The van der Waals surface area contributed by atoms with Gasteiger partial charge in [-0.2, -0.15) is 5.26 Å². The fraction of sp³-hybridized carbons (Fsp3) is 0.500. The lowest BCUT2D eigenvalue weighted by molar-refractivity contribution is 0.199. The van der Waals surface area contributed by atoms with Crippen LogP contribution in [0.5, 0.6) is 0 Å². The maximum atomic E-state index is 13.2. The molecule has 0 heterocycles. The summed E-state index contributed by atoms with van der Waals surface area (Å²) in [5, 5.41) is 18.4. The molecule has 0 aliphatic rings. The number of nitriles is 1. The molecule has 0 unspecified atom stereocenters. The first-order valence-electron chi connectivity index (χ1n) is 6.08. The van der Waals surface area contributed by atoms with Gasteiger partial charge < -0.3 is 10.0 Å². The van der Waals surface area contributed by atoms with Crippen LogP contribution in [0.1, 0.15) is 38.9 Å². The van der Waals surface area contributed by atoms with Crippen LogP contribution in [0.3, 0.4) is 0 Å². The van der Waals surface area contributed by atoms with Gasteiger partial charge >= 0.3 is 0 Å². The first kappa shape index (κ1) is 14.5. The highest BCUT2D eigenvalue weighted by Crippen LogP contribution is 2.28. The third kappa shape index (κ3) is 3.44. The van der Waals surface area contributed by atoms with Crippen molar-refractivity contribution >= 4 is 5.69 Å². The van der Waals surface area contributed by atoms with Gasteiger partial charge in [0.1, 0.15) is 5.82 Å². The Bertz CT molecular complexity index is 438. The minimum atomic E-state index is -0.737. The Labute approximate surface area is 107 Å². The van der Waals surface area contributed by atoms with Crippen LogP contribution in [0.25, 0.3) is 0 Å². The Morgan fingerprint density at radius 1 is 1.39 bits per heavy atom. The molecule has 0 aromatic heterocycles. The zero-order valence-corrected chi connectivity index (χ0v) is 11.0. The number of hydrogen-bond donors (Lipinski definition) is 1. The van der Waals surface area contributed by atoms with Gasteiger partial charge in [0.25, 0.3) is 0 Å². The van der Waals surface area contributed by atoms with Crippen LogP contribution in [0.4, 0.5) is 10.1 Å². The van der Waals surface area contributed by atoms with Crippen LogP contribution in [-0.4, -0.2) is 17.7 Å². The van der Waals surface area contributed by atoms with Gasteiger partial charge in [-0.3, -0.25) is 0 Å². The van der Waals surface area contributed by atoms with E-state index >= 15 is 0 Å². The molecule has 1 atom stereocenters. The standard InChI is InChI=1S/C14H19FN2O/c1-10(2)17(8-4-7-16)14-6-5-12(15)9-13(14)11(3)18/h5-6,9-11,18H,4,8H2,1-3H3/t11-/m1/s1. The van der Waals surface area contributed by atoms with Crippen LogP contribution in [0.15, 0.2) is 18.2 Å². The van der Waals surface area contributed by atoms with Gasteiger partial charge in [0.15, 0.2) is 0 Å². The van der Waals surface area contributed by atoms with Gasteiger partial charge in [-0.05, 0) is 39.0 Å². The van der Waals surface area contributed by atoms with E-state index in [9.17, 15) is 9.50 Å². The average Bonchev–Trinajstić information content (AvgIpc) is 2.30. The lowest BCUT2D eigenvalue weighted by Crippen LogP contribution is -2.32. The normalized spacial score (nSPS) is 12.3. The maximum Gasteiger partial charge on any atom is 0.123 e. The molecule has 0 radical (unpaired) electrons. The molecule has 0 aliphatic carbocycles. The second kappa shape index (κ2) is 6.36. The third-order valence-corrected chi connectivity index (χ3v) is 2.84. The second-order valence-corrected chi connectivity index (χ2v) is 4.57. The molecule has 1 N–H and O–H groups in total. The largest absolute Gasteiger partial charge is 0.389 e. The van der Waals surface area contributed by atoms with Crippen molar-refractivity contribution in [1.29, 1.82) is 5.26 Å². The van der Waals surface area contributed by atoms with Crippen molar-refractivity contribution in [2.24, 2.45) is 0 Å². The van der Waals surface area contributed by atoms with Crippen LogP contribution in [-0.2, 0) is 0 Å². The van der Waals surface area contributed by atoms with Gasteiger partial charge in [0, 0.05) is 23.8 Å². The summed E-state index contributed by atoms with van der Waals surface area (Å²) < 4.78 is 13.2. The molecule has 0 saturated heterocycles. The Balaban J connectivity index is 3.15. The Morgan fingerprint density at radius 2 is 2.06 bits per heavy atom. The number of aliphatic hydroxyl groups excluding tert-OH is 1. The maximum absolute atomic E-state index is 13.2. The second-order valence-electron chi connectivity index (χ2n) is 4.57. The summed E-state index contributed by atoms with van der Waals surface area (Å²) in [6, 6.07) is 6.67. The summed E-state index contributed by atoms with van der Waals surface area (Å²) in [5.74, 6) is -0.362. The van der Waals surface area contributed by atoms with Gasteiger partial charge in [-0.15, -0.1) is 0 Å². The topological polar surface area (TPSA) is 47.3 Å². The molecular formula is C14H19FN2O. The van der Waals surface area contributed by atoms with E-state index in [1.807, 2.05) is 18.7 Å². The molecule has 1 aromatic rings. The van der Waals surface area contributed by atoms with Gasteiger partial charge in [-0.25, -0.2) is 4.39 Å². The van der Waals surface area contributed by atoms with Crippen molar-refractivity contribution in [3.8, 4) is 6.07 Å². The van der Waals surface area contributed by atoms with E-state index in [0.29, 0.717) is 18.5 Å². The molecule has 0 amide bonds. The van der Waals surface area contributed by atoms with Crippen LogP contribution in [0.2, 0.25) is 0 Å². The van der Waals surface area contributed by atoms with Crippen molar-refractivity contribution in [2.75, 3.05) is 11.4 Å². The number of rotatable bonds is 5. The smallest absolute Gasteiger partial charge is 0.123 e. The summed E-state index contributed by atoms with van der Waals surface area (Å²) in [5.41, 5.74) is 1.35. The molecule has 4 heteroatoms. The summed E-state index contributed by atoms with van der Waals surface area (Å²) in [6.07, 6.45) is -0.339. The molecule has 1 rings (SSSR count). The molecule has 0 saturated carbocycles. The third-order valence-electron chi connectivity index (χ3n) is 2.84. The summed E-state index contributed by atoms with van der Waals surface area (Å²) in [6.45, 7) is 6.19. The first-order chi connectivity index (χ1) is 8.47. The van der Waals surface area contributed by atoms with E-state index in [0.717, 1.165) is 5.69 Å². The molecule has 98 valence electrons. The molecule has 1 aromatic carbocycles. The van der Waals surface area contributed by atoms with Gasteiger partial charge in [-0.1, -0.05) is 0 Å². The predicted molar refractivity (Wildman–Crippen MR) is 69.7 cm³/mol. The molecular weight excluding hydrogens is 231 g/mol. The minimum Gasteiger partial charge on any atom is -0.389 e. The molecule has 0 fully saturated rings. The SMILES string of the molecule is CC(C)N(CCC#N)c1ccc(F)cc1[C@@H](C)O. The van der Waals surface area contributed by atoms with E-state index in [1.165, 1.54) is 12.1 Å². The number of anilines is 1. The number of hydrogen-bond acceptors (Lipinski definition) is 3. The molecule has 0 bridgehead atoms. The zero-order chi connectivity index (χ0) is 13.7. The van der Waals surface area contributed by atoms with E-state index in [-0.39, 0.29) is 11.9 Å². The van der Waals surface area contributed by atoms with Gasteiger partial charge in [0.05, 0.1) is 18.6 Å². The van der Waals surface area contributed by atoms with Crippen molar-refractivity contribution in [3.05, 3.63) is 29.6 Å². The Kier molecular flexibility index (Phi) is 5.11. The first-order valence-corrected chi connectivity index (χ1v) is 6.08. The quantitative estimate of drug-likeness (QED) is 0.873. The number of aliphatic hydroxyl groups is 1. The van der Waals surface area contributed by atoms with Gasteiger partial charge in [0.2, 0.25) is 0 Å². The Hall–Kier alpha value is -1.60. The highest BCUT2D eigenvalue weighted by Gasteiger charge is 2.17. The fourth-order valence-electron chi connectivity index (χ4n) is 1.95. The van der Waals surface area contributed by atoms with Crippen LogP contribution in [0, 0.1) is 17.1 Å². The number of nitrogens with zero attached hydrogens (tertiary/aromatic N) is 2. The van der Waals surface area contributed by atoms with Crippen molar-refractivity contribution in [2.45, 2.75) is 39.3 Å². The highest BCUT2D eigenvalue weighted by molar-refractivity contribution is 5.55. The molecule has 18 heavy (non-hydrogen) atoms. The molecule has 0 spiro atoms. The van der Waals surface area contributed by atoms with Crippen molar-refractivity contribution in [3.63, 3.8) is 0 Å². The highest BCUT2D eigenvalue weighted by atomic mass is 19.1. The number of halogens is 1. The predicted octanol–water partition coefficient (Wildman–Crippen LogP) is 3.01. The summed E-state index contributed by atoms with van der Waals surface area (Å²) in [4.78, 5) is 2.00. The van der Waals surface area contributed by atoms with E-state index < -0.39 is 6.10 Å². The average molecular weight is 250 g/mol. The Morgan fingerprint density at radius 3 is 2.56 bits per heavy atom. The lowest BCUT2D eigenvalue weighted by Gasteiger charge is -2.31. The minimum absolute atomic E-state index is 0.182. The van der Waals surface area contributed by atoms with Crippen molar-refractivity contribution in [1.82, 2.24) is 0 Å². The summed E-state index contributed by atoms with van der Waals surface area (Å²) in [7, 11) is 0. The van der Waals surface area contributed by atoms with E-state index in [4.69, 9.17) is 5.26 Å². The van der Waals surface area contributed by atoms with E-state index in [2.05, 4.69) is 6.07 Å². The molecule has 0 aliphatic heterocycles. The lowest BCUT2D eigenvalue weighted by atomic mass is 10.1.